The standard InChI is InChI=1S/C8H4ClF3O.C8H7ClO/c9-7(13)5-3-1-2-4-6(5)8(10,11)12;1-6-4-2-3-5-7(6)8(9)10/h1-4H;2-5H,1H3. The molecule has 0 saturated heterocycles. The van der Waals surface area contributed by atoms with Crippen molar-refractivity contribution in [2.45, 2.75) is 13.1 Å². The molecule has 2 rings (SSSR count). The van der Waals surface area contributed by atoms with Gasteiger partial charge in [-0.2, -0.15) is 13.2 Å². The lowest BCUT2D eigenvalue weighted by molar-refractivity contribution is -0.137. The average molecular weight is 363 g/mol. The van der Waals surface area contributed by atoms with Crippen LogP contribution in [0.5, 0.6) is 0 Å². The van der Waals surface area contributed by atoms with Crippen molar-refractivity contribution in [1.29, 1.82) is 0 Å². The molecule has 0 fully saturated rings. The van der Waals surface area contributed by atoms with Crippen molar-refractivity contribution in [3.63, 3.8) is 0 Å². The Morgan fingerprint density at radius 3 is 1.61 bits per heavy atom. The topological polar surface area (TPSA) is 34.1 Å². The van der Waals surface area contributed by atoms with Crippen LogP contribution in [0, 0.1) is 6.92 Å². The first-order chi connectivity index (χ1) is 10.6. The van der Waals surface area contributed by atoms with Gasteiger partial charge in [-0.05, 0) is 53.9 Å². The highest BCUT2D eigenvalue weighted by Gasteiger charge is 2.34. The Morgan fingerprint density at radius 1 is 0.826 bits per heavy atom. The number of carbonyl (C=O) groups is 2. The van der Waals surface area contributed by atoms with Crippen LogP contribution in [0.3, 0.4) is 0 Å². The molecule has 0 amide bonds. The lowest BCUT2D eigenvalue weighted by atomic mass is 10.1. The van der Waals surface area contributed by atoms with E-state index >= 15 is 0 Å². The van der Waals surface area contributed by atoms with E-state index < -0.39 is 27.8 Å². The van der Waals surface area contributed by atoms with Gasteiger partial charge in [0.2, 0.25) is 0 Å². The van der Waals surface area contributed by atoms with Gasteiger partial charge >= 0.3 is 6.18 Å². The van der Waals surface area contributed by atoms with E-state index in [9.17, 15) is 22.8 Å². The summed E-state index contributed by atoms with van der Waals surface area (Å²) in [6.45, 7) is 1.86. The van der Waals surface area contributed by atoms with Crippen molar-refractivity contribution in [2.75, 3.05) is 0 Å². The maximum atomic E-state index is 12.2. The van der Waals surface area contributed by atoms with Crippen LogP contribution in [-0.4, -0.2) is 10.5 Å². The molecular formula is C16H11Cl2F3O2. The van der Waals surface area contributed by atoms with E-state index in [0.717, 1.165) is 17.7 Å². The van der Waals surface area contributed by atoms with E-state index in [1.165, 1.54) is 12.1 Å². The summed E-state index contributed by atoms with van der Waals surface area (Å²) in [5.41, 5.74) is -0.0154. The molecule has 2 nitrogen and oxygen atoms in total. The van der Waals surface area contributed by atoms with E-state index in [0.29, 0.717) is 5.56 Å². The van der Waals surface area contributed by atoms with Crippen LogP contribution in [0.25, 0.3) is 0 Å². The number of aryl methyl sites for hydroxylation is 1. The lowest BCUT2D eigenvalue weighted by Crippen LogP contribution is -2.10. The number of carbonyl (C=O) groups excluding carboxylic acids is 2. The first-order valence-electron chi connectivity index (χ1n) is 6.26. The summed E-state index contributed by atoms with van der Waals surface area (Å²) in [5, 5.41) is -1.49. The molecule has 23 heavy (non-hydrogen) atoms. The fourth-order valence-corrected chi connectivity index (χ4v) is 2.07. The Morgan fingerprint density at radius 2 is 1.26 bits per heavy atom. The molecule has 7 heteroatoms. The molecule has 0 unspecified atom stereocenters. The predicted octanol–water partition coefficient (Wildman–Crippen LogP) is 5.46. The van der Waals surface area contributed by atoms with Gasteiger partial charge in [0.15, 0.2) is 0 Å². The fraction of sp³-hybridized carbons (Fsp3) is 0.125. The molecule has 0 aromatic heterocycles. The summed E-state index contributed by atoms with van der Waals surface area (Å²) in [7, 11) is 0. The average Bonchev–Trinajstić information content (AvgIpc) is 2.47. The van der Waals surface area contributed by atoms with Gasteiger partial charge < -0.3 is 0 Å². The molecule has 0 atom stereocenters. The second-order valence-electron chi connectivity index (χ2n) is 4.41. The number of alkyl halides is 3. The van der Waals surface area contributed by atoms with Crippen molar-refractivity contribution in [3.05, 3.63) is 70.8 Å². The minimum absolute atomic E-state index is 0.391. The normalized spacial score (nSPS) is 10.5. The molecule has 2 aromatic carbocycles. The Labute approximate surface area is 140 Å². The van der Waals surface area contributed by atoms with Gasteiger partial charge in [-0.3, -0.25) is 9.59 Å². The highest BCUT2D eigenvalue weighted by atomic mass is 35.5. The van der Waals surface area contributed by atoms with Crippen molar-refractivity contribution in [2.24, 2.45) is 0 Å². The number of halogens is 5. The molecule has 0 radical (unpaired) electrons. The van der Waals surface area contributed by atoms with Gasteiger partial charge in [0.25, 0.3) is 10.5 Å². The number of hydrogen-bond acceptors (Lipinski definition) is 2. The van der Waals surface area contributed by atoms with Crippen LogP contribution in [0.1, 0.15) is 31.8 Å². The van der Waals surface area contributed by atoms with E-state index in [-0.39, 0.29) is 0 Å². The smallest absolute Gasteiger partial charge is 0.276 e. The van der Waals surface area contributed by atoms with Crippen LogP contribution in [-0.2, 0) is 6.18 Å². The molecule has 0 aliphatic rings. The van der Waals surface area contributed by atoms with Gasteiger partial charge in [0.1, 0.15) is 0 Å². The molecule has 122 valence electrons. The van der Waals surface area contributed by atoms with Gasteiger partial charge in [-0.25, -0.2) is 0 Å². The fourth-order valence-electron chi connectivity index (χ4n) is 1.70. The van der Waals surface area contributed by atoms with E-state index in [4.69, 9.17) is 23.2 Å². The maximum Gasteiger partial charge on any atom is 0.417 e. The van der Waals surface area contributed by atoms with Crippen LogP contribution in [0.2, 0.25) is 0 Å². The third-order valence-corrected chi connectivity index (χ3v) is 3.21. The maximum absolute atomic E-state index is 12.2. The molecule has 0 spiro atoms. The summed E-state index contributed by atoms with van der Waals surface area (Å²) in [6, 6.07) is 11.6. The monoisotopic (exact) mass is 362 g/mol. The second kappa shape index (κ2) is 8.13. The summed E-state index contributed by atoms with van der Waals surface area (Å²) < 4.78 is 36.6. The summed E-state index contributed by atoms with van der Waals surface area (Å²) in [5.74, 6) is 0. The SMILES string of the molecule is Cc1ccccc1C(=O)Cl.O=C(Cl)c1ccccc1C(F)(F)F. The van der Waals surface area contributed by atoms with Crippen LogP contribution in [0.4, 0.5) is 13.2 Å². The highest BCUT2D eigenvalue weighted by molar-refractivity contribution is 6.68. The Kier molecular flexibility index (Phi) is 6.79. The van der Waals surface area contributed by atoms with E-state index in [2.05, 4.69) is 0 Å². The Bertz CT molecular complexity index is 712. The van der Waals surface area contributed by atoms with Crippen LogP contribution < -0.4 is 0 Å². The minimum Gasteiger partial charge on any atom is -0.276 e. The quantitative estimate of drug-likeness (QED) is 0.664. The number of hydrogen-bond donors (Lipinski definition) is 0. The zero-order valence-corrected chi connectivity index (χ0v) is 13.3. The largest absolute Gasteiger partial charge is 0.417 e. The van der Waals surface area contributed by atoms with E-state index in [1.54, 1.807) is 12.1 Å². The van der Waals surface area contributed by atoms with Crippen molar-refractivity contribution >= 4 is 33.7 Å². The first-order valence-corrected chi connectivity index (χ1v) is 7.01. The molecule has 0 saturated carbocycles. The number of rotatable bonds is 2. The second-order valence-corrected chi connectivity index (χ2v) is 5.09. The molecule has 0 aliphatic heterocycles. The van der Waals surface area contributed by atoms with Gasteiger partial charge in [0.05, 0.1) is 5.56 Å². The molecule has 0 bridgehead atoms. The third-order valence-electron chi connectivity index (χ3n) is 2.80. The minimum atomic E-state index is -4.54. The number of benzene rings is 2. The van der Waals surface area contributed by atoms with E-state index in [1.807, 2.05) is 19.1 Å². The third kappa shape index (κ3) is 5.69. The molecule has 0 aliphatic carbocycles. The summed E-state index contributed by atoms with van der Waals surface area (Å²) in [4.78, 5) is 21.2. The molecule has 2 aromatic rings. The Hall–Kier alpha value is -1.85. The van der Waals surface area contributed by atoms with Gasteiger partial charge in [0, 0.05) is 11.1 Å². The van der Waals surface area contributed by atoms with Crippen LogP contribution >= 0.6 is 23.2 Å². The van der Waals surface area contributed by atoms with Gasteiger partial charge in [-0.1, -0.05) is 30.3 Å². The Balaban J connectivity index is 0.000000238. The van der Waals surface area contributed by atoms with Gasteiger partial charge in [-0.15, -0.1) is 0 Å². The molecule has 0 heterocycles. The first kappa shape index (κ1) is 19.2. The molecule has 0 N–H and O–H groups in total. The summed E-state index contributed by atoms with van der Waals surface area (Å²) in [6.07, 6.45) is -4.54. The van der Waals surface area contributed by atoms with Crippen molar-refractivity contribution < 1.29 is 22.8 Å². The van der Waals surface area contributed by atoms with Crippen LogP contribution in [0.15, 0.2) is 48.5 Å². The zero-order valence-electron chi connectivity index (χ0n) is 11.8. The zero-order chi connectivity index (χ0) is 17.6. The lowest BCUT2D eigenvalue weighted by Gasteiger charge is -2.08. The van der Waals surface area contributed by atoms with Crippen molar-refractivity contribution in [1.82, 2.24) is 0 Å². The highest BCUT2D eigenvalue weighted by Crippen LogP contribution is 2.32. The summed E-state index contributed by atoms with van der Waals surface area (Å²) >= 11 is 10.2. The van der Waals surface area contributed by atoms with Crippen molar-refractivity contribution in [3.8, 4) is 0 Å². The predicted molar refractivity (Wildman–Crippen MR) is 83.0 cm³/mol. The molecular weight excluding hydrogens is 352 g/mol.